The van der Waals surface area contributed by atoms with Gasteiger partial charge in [-0.2, -0.15) is 49.7 Å². The second-order valence-corrected chi connectivity index (χ2v) is 37.5. The van der Waals surface area contributed by atoms with Gasteiger partial charge in [0.05, 0.1) is 70.9 Å². The van der Waals surface area contributed by atoms with Crippen LogP contribution >= 0.6 is 15.9 Å². The van der Waals surface area contributed by atoms with Crippen molar-refractivity contribution in [1.82, 2.24) is 19.6 Å². The van der Waals surface area contributed by atoms with Gasteiger partial charge in [0.25, 0.3) is 6.47 Å². The van der Waals surface area contributed by atoms with Gasteiger partial charge in [-0.3, -0.25) is 33.5 Å². The molecule has 12 aliphatic carbocycles. The number of fused-ring (bicyclic) bond motifs is 15. The first-order valence-corrected chi connectivity index (χ1v) is 40.2. The second kappa shape index (κ2) is 35.6. The van der Waals surface area contributed by atoms with Gasteiger partial charge in [0.1, 0.15) is 5.78 Å². The van der Waals surface area contributed by atoms with Crippen LogP contribution in [0.2, 0.25) is 0 Å². The minimum absolute atomic E-state index is 0. The van der Waals surface area contributed by atoms with Gasteiger partial charge in [-0.05, 0) is 304 Å². The number of halogens is 10. The summed E-state index contributed by atoms with van der Waals surface area (Å²) < 4.78 is 115. The molecule has 3 N–H and O–H groups in total. The fourth-order valence-electron chi connectivity index (χ4n) is 26.7. The predicted molar refractivity (Wildman–Crippen MR) is 383 cm³/mol. The Kier molecular flexibility index (Phi) is 30.6. The van der Waals surface area contributed by atoms with Crippen molar-refractivity contribution in [2.45, 2.75) is 272 Å². The molecule has 0 amide bonds. The maximum absolute atomic E-state index is 13.4. The maximum Gasteiger partial charge on any atom is 1.00 e. The van der Waals surface area contributed by atoms with Gasteiger partial charge in [-0.15, -0.1) is 0 Å². The predicted octanol–water partition coefficient (Wildman–Crippen LogP) is 11.4. The van der Waals surface area contributed by atoms with Crippen LogP contribution in [0.3, 0.4) is 0 Å². The van der Waals surface area contributed by atoms with Crippen LogP contribution in [0.5, 0.6) is 0 Å². The van der Waals surface area contributed by atoms with Crippen molar-refractivity contribution in [1.29, 1.82) is 0 Å². The van der Waals surface area contributed by atoms with Crippen molar-refractivity contribution in [3.8, 4) is 0 Å². The monoisotopic (exact) mass is 1630 g/mol. The van der Waals surface area contributed by atoms with E-state index in [1.54, 1.807) is 0 Å². The molecule has 14 nitrogen and oxygen atoms in total. The van der Waals surface area contributed by atoms with Crippen LogP contribution in [-0.4, -0.2) is 99.8 Å². The van der Waals surface area contributed by atoms with E-state index >= 15 is 0 Å². The molecule has 0 saturated heterocycles. The summed E-state index contributed by atoms with van der Waals surface area (Å²) in [5.41, 5.74) is -3.63. The molecular weight excluding hydrogens is 1520 g/mol. The summed E-state index contributed by atoms with van der Waals surface area (Å²) in [6, 6.07) is 0. The number of aliphatic hydroxyl groups is 3. The molecule has 1 aliphatic heterocycles. The Morgan fingerprint density at radius 1 is 0.523 bits per heavy atom. The van der Waals surface area contributed by atoms with Crippen molar-refractivity contribution >= 4 is 46.0 Å². The van der Waals surface area contributed by atoms with Gasteiger partial charge < -0.3 is 26.9 Å². The first-order valence-electron chi connectivity index (χ1n) is 39.1. The molecule has 594 valence electrons. The number of Topliss-reactive ketones (excluding diaryl/α,β-unsaturated/α-hetero) is 3. The summed E-state index contributed by atoms with van der Waals surface area (Å²) in [5.74, 6) is 12.4. The molecule has 2 aromatic heterocycles. The van der Waals surface area contributed by atoms with E-state index in [1.165, 1.54) is 57.8 Å². The number of hydrogen-bond donors (Lipinski definition) is 3. The van der Waals surface area contributed by atoms with E-state index < -0.39 is 52.0 Å². The molecule has 12 fully saturated rings. The van der Waals surface area contributed by atoms with Gasteiger partial charge in [-0.1, -0.05) is 64.9 Å². The van der Waals surface area contributed by atoms with E-state index in [0.717, 1.165) is 172 Å². The average Bonchev–Trinajstić information content (AvgIpc) is 1.50. The summed E-state index contributed by atoms with van der Waals surface area (Å²) in [6.07, 6.45) is 18.4. The third-order valence-corrected chi connectivity index (χ3v) is 31.1. The van der Waals surface area contributed by atoms with Gasteiger partial charge in [0, 0.05) is 36.4 Å². The number of aliphatic imine (C=N–C) groups is 1. The molecule has 0 unspecified atom stereocenters. The Hall–Kier alpha value is -0.727. The van der Waals surface area contributed by atoms with Crippen LogP contribution in [0.4, 0.5) is 39.5 Å². The van der Waals surface area contributed by atoms with Crippen molar-refractivity contribution in [2.75, 3.05) is 11.9 Å². The third kappa shape index (κ3) is 19.6. The molecule has 107 heavy (non-hydrogen) atoms. The largest absolute Gasteiger partial charge is 1.00 e. The first-order chi connectivity index (χ1) is 48.6. The normalized spacial score (nSPS) is 42.5. The summed E-state index contributed by atoms with van der Waals surface area (Å²) in [5, 5.41) is 48.3. The summed E-state index contributed by atoms with van der Waals surface area (Å²) in [6.45, 7) is 19.8. The molecular formula is C81H119BrF9K2N5O9. The quantitative estimate of drug-likeness (QED) is 0.0537. The maximum atomic E-state index is 13.4. The van der Waals surface area contributed by atoms with E-state index in [0.29, 0.717) is 88.0 Å². The van der Waals surface area contributed by atoms with Crippen LogP contribution in [0.25, 0.3) is 0 Å². The number of allylic oxidation sites excluding steroid dienone is 1. The molecule has 15 rings (SSSR count). The number of aromatic nitrogens is 4. The van der Waals surface area contributed by atoms with Crippen molar-refractivity contribution in [3.05, 3.63) is 47.6 Å². The number of hydrogen-bond acceptors (Lipinski definition) is 12. The molecule has 0 aromatic carbocycles. The molecule has 27 atom stereocenters. The van der Waals surface area contributed by atoms with E-state index in [4.69, 9.17) is 10.1 Å². The molecule has 13 aliphatic rings. The smallest absolute Gasteiger partial charge is 1.00 e. The number of nitrogens with zero attached hydrogens (tertiary/aromatic N) is 5. The zero-order valence-corrected chi connectivity index (χ0v) is 72.1. The molecule has 0 bridgehead atoms. The zero-order chi connectivity index (χ0) is 75.8. The number of alkyl halides is 10. The Balaban J connectivity index is 0.000000206. The van der Waals surface area contributed by atoms with Crippen LogP contribution in [-0.2, 0) is 49.5 Å². The Labute approximate surface area is 723 Å². The van der Waals surface area contributed by atoms with Gasteiger partial charge in [0.2, 0.25) is 0 Å². The summed E-state index contributed by atoms with van der Waals surface area (Å²) >= 11 is 3.44. The van der Waals surface area contributed by atoms with Gasteiger partial charge in [-0.25, -0.2) is 0 Å². The van der Waals surface area contributed by atoms with E-state index in [2.05, 4.69) is 77.5 Å². The molecule has 0 radical (unpaired) electrons. The van der Waals surface area contributed by atoms with E-state index in [9.17, 15) is 69.2 Å². The van der Waals surface area contributed by atoms with Gasteiger partial charge >= 0.3 is 121 Å². The number of ketones is 3. The minimum Gasteiger partial charge on any atom is -1.00 e. The standard InChI is InChI=1S/2C26H37F3N2O2.C22H35BrO2.C5H4F3N.CH2O3.CH4.2K.H/c2*1-15-10-21(22(32)14-31-13-17(12-30-31)26(27,28)29)25(3)9-7-19-18-6-8-24(2,33)11-16(18)4-5-20(19)23(15)25;1-13-10-18(19(24)12-23)22(3)9-7-16-15-6-8-21(2,25)11-14(15)4-5-17(16)20(13)22;6-5(7,8)4-1-2-9-3-4;2-1-4-3;;;;/h2*12-13,15-16,18-21,23,33H,4-11,14H2,1-3H3;13-18,20,25H,4-12H2,1-3H3;1,3H,2H2;1,3H;1H4;;;/q;;;;;;2*+1;-1/p-1/t2*15-,16-,18+,19-,20-,21-,23+,24-,25-;13-,14-,15+,16-,17-,18-,20+,21-,22-;;;;;;/m111....../s1. The second-order valence-electron chi connectivity index (χ2n) is 36.9. The van der Waals surface area contributed by atoms with Crippen molar-refractivity contribution in [3.63, 3.8) is 0 Å². The molecule has 0 spiro atoms. The SMILES string of the molecule is C.C[C@@H]1C[C@H](C(=O)CBr)[C@@]2(C)CC[C@H]3[C@@H](CC[C@@H]4C[C@](C)(O)CC[C@@H]43)[C@H]12.C[C@@H]1C[C@H](C(=O)Cn2cc(C(F)(F)F)cn2)[C@@]2(C)CC[C@H]3[C@@H](CC[C@@H]4C[C@](C)(O)CC[C@@H]43)[C@H]12.C[C@@H]1C[C@H](C(=O)Cn2cc(C(F)(F)F)cn2)[C@@]2(C)CC[C@H]3[C@@H](CC[C@@H]4C[C@](C)(O)CC[C@@H]43)[C@H]12.FC(F)(F)C1=CCN=C1.O=CO[O-].[H-].[K+].[K+]. The zero-order valence-electron chi connectivity index (χ0n) is 65.3. The summed E-state index contributed by atoms with van der Waals surface area (Å²) in [7, 11) is 0. The third-order valence-electron chi connectivity index (χ3n) is 30.5. The number of rotatable bonds is 9. The Morgan fingerprint density at radius 2 is 0.832 bits per heavy atom. The van der Waals surface area contributed by atoms with Gasteiger partial charge in [0.15, 0.2) is 11.6 Å². The minimum atomic E-state index is -4.44. The number of carbonyl (C=O) groups is 4. The van der Waals surface area contributed by atoms with Crippen molar-refractivity contribution < 1.29 is 188 Å². The van der Waals surface area contributed by atoms with Crippen LogP contribution in [0.1, 0.15) is 236 Å². The van der Waals surface area contributed by atoms with Crippen molar-refractivity contribution in [2.24, 2.45) is 146 Å². The summed E-state index contributed by atoms with van der Waals surface area (Å²) in [4.78, 5) is 54.0. The first kappa shape index (κ1) is 91.8. The molecule has 12 saturated carbocycles. The molecule has 26 heteroatoms. The fraction of sp³-hybridized carbons (Fsp3) is 0.840. The fourth-order valence-corrected chi connectivity index (χ4v) is 27.1. The number of carbonyl (C=O) groups excluding carboxylic acids is 4. The Morgan fingerprint density at radius 3 is 1.08 bits per heavy atom. The average molecular weight is 1640 g/mol. The molecule has 2 aromatic rings. The van der Waals surface area contributed by atoms with Crippen LogP contribution < -0.4 is 108 Å². The van der Waals surface area contributed by atoms with Crippen LogP contribution in [0.15, 0.2) is 41.4 Å². The van der Waals surface area contributed by atoms with Crippen LogP contribution in [0, 0.1) is 141 Å². The molecule has 3 heterocycles. The van der Waals surface area contributed by atoms with E-state index in [-0.39, 0.29) is 183 Å². The van der Waals surface area contributed by atoms with E-state index in [1.807, 2.05) is 20.8 Å². The topological polar surface area (TPSA) is 209 Å². The Bertz CT molecular complexity index is 3300.